The van der Waals surface area contributed by atoms with Crippen molar-refractivity contribution in [2.24, 2.45) is 0 Å². The van der Waals surface area contributed by atoms with Crippen LogP contribution in [0.25, 0.3) is 0 Å². The Balaban J connectivity index is 2.41. The molecule has 1 aromatic carbocycles. The van der Waals surface area contributed by atoms with Crippen LogP contribution >= 0.6 is 0 Å². The first-order valence-electron chi connectivity index (χ1n) is 12.2. The van der Waals surface area contributed by atoms with Crippen LogP contribution in [0.5, 0.6) is 0 Å². The van der Waals surface area contributed by atoms with Gasteiger partial charge in [0.1, 0.15) is 0 Å². The molecule has 0 radical (unpaired) electrons. The summed E-state index contributed by atoms with van der Waals surface area (Å²) in [6.07, 6.45) is 8.06. The van der Waals surface area contributed by atoms with Gasteiger partial charge < -0.3 is 9.80 Å². The smallest absolute Gasteiger partial charge is 0.0497 e. The van der Waals surface area contributed by atoms with E-state index in [0.29, 0.717) is 0 Å². The Hall–Kier alpha value is -2.78. The molecule has 1 aromatic rings. The average Bonchev–Trinajstić information content (AvgIpc) is 2.81. The van der Waals surface area contributed by atoms with Crippen LogP contribution in [0, 0.1) is 6.92 Å². The van der Waals surface area contributed by atoms with Crippen molar-refractivity contribution in [3.05, 3.63) is 103 Å². The van der Waals surface area contributed by atoms with Gasteiger partial charge in [-0.25, -0.2) is 0 Å². The van der Waals surface area contributed by atoms with Gasteiger partial charge in [0.15, 0.2) is 0 Å². The highest BCUT2D eigenvalue weighted by Gasteiger charge is 2.29. The lowest BCUT2D eigenvalue weighted by atomic mass is 10.0. The zero-order valence-electron chi connectivity index (χ0n) is 21.5. The summed E-state index contributed by atoms with van der Waals surface area (Å²) in [5, 5.41) is 0. The summed E-state index contributed by atoms with van der Waals surface area (Å²) >= 11 is 0. The van der Waals surface area contributed by atoms with Gasteiger partial charge in [0, 0.05) is 60.6 Å². The zero-order valence-corrected chi connectivity index (χ0v) is 21.5. The molecule has 0 saturated carbocycles. The molecule has 3 nitrogen and oxygen atoms in total. The molecular weight excluding hydrogens is 402 g/mol. The summed E-state index contributed by atoms with van der Waals surface area (Å²) in [5.74, 6) is 0. The van der Waals surface area contributed by atoms with Crippen LogP contribution in [-0.4, -0.2) is 42.0 Å². The minimum Gasteiger partial charge on any atom is -0.373 e. The van der Waals surface area contributed by atoms with E-state index in [0.717, 1.165) is 67.2 Å². The van der Waals surface area contributed by atoms with E-state index in [2.05, 4.69) is 105 Å². The van der Waals surface area contributed by atoms with Gasteiger partial charge in [-0.05, 0) is 51.3 Å². The van der Waals surface area contributed by atoms with Gasteiger partial charge >= 0.3 is 0 Å². The molecule has 1 fully saturated rings. The Morgan fingerprint density at radius 1 is 1.06 bits per heavy atom. The number of rotatable bonds is 11. The second kappa shape index (κ2) is 12.5. The largest absolute Gasteiger partial charge is 0.373 e. The van der Waals surface area contributed by atoms with E-state index in [1.807, 2.05) is 13.0 Å². The molecule has 0 bridgehead atoms. The van der Waals surface area contributed by atoms with Crippen molar-refractivity contribution >= 4 is 5.69 Å². The van der Waals surface area contributed by atoms with Crippen molar-refractivity contribution in [2.75, 3.05) is 31.1 Å². The Morgan fingerprint density at radius 3 is 2.15 bits per heavy atom. The lowest BCUT2D eigenvalue weighted by Crippen LogP contribution is -2.51. The predicted molar refractivity (Wildman–Crippen MR) is 146 cm³/mol. The fourth-order valence-corrected chi connectivity index (χ4v) is 4.58. The van der Waals surface area contributed by atoms with Crippen LogP contribution in [0.15, 0.2) is 97.0 Å². The van der Waals surface area contributed by atoms with Crippen LogP contribution < -0.4 is 4.90 Å². The summed E-state index contributed by atoms with van der Waals surface area (Å²) in [5.41, 5.74) is 7.69. The van der Waals surface area contributed by atoms with Gasteiger partial charge in [0.2, 0.25) is 0 Å². The molecule has 1 aliphatic heterocycles. The normalized spacial score (nSPS) is 16.3. The number of piperazine rings is 1. The van der Waals surface area contributed by atoms with E-state index in [-0.39, 0.29) is 6.04 Å². The fourth-order valence-electron chi connectivity index (χ4n) is 4.58. The second-order valence-electron chi connectivity index (χ2n) is 8.78. The van der Waals surface area contributed by atoms with E-state index in [4.69, 9.17) is 0 Å². The molecule has 1 atom stereocenters. The molecule has 178 valence electrons. The maximum Gasteiger partial charge on any atom is 0.0497 e. The monoisotopic (exact) mass is 445 g/mol. The first-order valence-corrected chi connectivity index (χ1v) is 12.2. The number of hydrogen-bond donors (Lipinski definition) is 0. The topological polar surface area (TPSA) is 9.72 Å². The van der Waals surface area contributed by atoms with Gasteiger partial charge in [0.25, 0.3) is 0 Å². The maximum absolute atomic E-state index is 4.63. The van der Waals surface area contributed by atoms with Gasteiger partial charge in [-0.15, -0.1) is 0 Å². The number of anilines is 1. The van der Waals surface area contributed by atoms with Gasteiger partial charge in [-0.2, -0.15) is 0 Å². The van der Waals surface area contributed by atoms with E-state index < -0.39 is 0 Å². The Morgan fingerprint density at radius 2 is 1.67 bits per heavy atom. The van der Waals surface area contributed by atoms with Crippen LogP contribution in [-0.2, 0) is 0 Å². The number of allylic oxidation sites excluding steroid dienone is 5. The highest BCUT2D eigenvalue weighted by atomic mass is 15.3. The molecule has 2 rings (SSSR count). The molecule has 1 saturated heterocycles. The lowest BCUT2D eigenvalue weighted by molar-refractivity contribution is 0.125. The molecule has 1 heterocycles. The molecule has 0 amide bonds. The van der Waals surface area contributed by atoms with E-state index in [1.54, 1.807) is 0 Å². The minimum atomic E-state index is 0.230. The Kier molecular flexibility index (Phi) is 9.99. The van der Waals surface area contributed by atoms with Gasteiger partial charge in [0.05, 0.1) is 0 Å². The standard InChI is InChI=1S/C30H43N3/c1-10-14-24(6)29(12-3)26(8)33(28-17-15-23(5)16-18-28)27(9)30(13-4)32-21-19-31(20-22-32)25(7)11-2/h10,12,14-18,30H,3,7-9,11,13,19-22H2,1-2,4-6H3/b14-10-,29-24+. The summed E-state index contributed by atoms with van der Waals surface area (Å²) in [7, 11) is 0. The van der Waals surface area contributed by atoms with Crippen LogP contribution in [0.2, 0.25) is 0 Å². The van der Waals surface area contributed by atoms with Crippen molar-refractivity contribution in [1.82, 2.24) is 9.80 Å². The van der Waals surface area contributed by atoms with Crippen LogP contribution in [0.3, 0.4) is 0 Å². The summed E-state index contributed by atoms with van der Waals surface area (Å²) in [6, 6.07) is 8.85. The number of hydrogen-bond acceptors (Lipinski definition) is 3. The quantitative estimate of drug-likeness (QED) is 0.333. The first-order chi connectivity index (χ1) is 15.8. The SMILES string of the molecule is C=C/C(C(=C)N(C(=C)C(CC)N1CCN(C(=C)CC)CC1)c1ccc(C)cc1)=C(C)\C=C/C. The molecule has 0 aliphatic carbocycles. The molecule has 1 unspecified atom stereocenters. The molecule has 0 N–H and O–H groups in total. The van der Waals surface area contributed by atoms with Crippen molar-refractivity contribution < 1.29 is 0 Å². The Bertz CT molecular complexity index is 908. The summed E-state index contributed by atoms with van der Waals surface area (Å²) < 4.78 is 0. The van der Waals surface area contributed by atoms with Gasteiger partial charge in [-0.3, -0.25) is 4.90 Å². The summed E-state index contributed by atoms with van der Waals surface area (Å²) in [4.78, 5) is 7.21. The third-order valence-electron chi connectivity index (χ3n) is 6.59. The molecular formula is C30H43N3. The predicted octanol–water partition coefficient (Wildman–Crippen LogP) is 7.23. The van der Waals surface area contributed by atoms with Crippen molar-refractivity contribution in [3.63, 3.8) is 0 Å². The van der Waals surface area contributed by atoms with Crippen molar-refractivity contribution in [3.8, 4) is 0 Å². The zero-order chi connectivity index (χ0) is 24.5. The summed E-state index contributed by atoms with van der Waals surface area (Å²) in [6.45, 7) is 32.2. The third kappa shape index (κ3) is 6.39. The average molecular weight is 446 g/mol. The second-order valence-corrected chi connectivity index (χ2v) is 8.78. The maximum atomic E-state index is 4.63. The number of aryl methyl sites for hydroxylation is 1. The molecule has 3 heteroatoms. The Labute approximate surface area is 202 Å². The third-order valence-corrected chi connectivity index (χ3v) is 6.59. The molecule has 0 aromatic heterocycles. The van der Waals surface area contributed by atoms with Crippen LogP contribution in [0.1, 0.15) is 46.1 Å². The van der Waals surface area contributed by atoms with E-state index in [9.17, 15) is 0 Å². The van der Waals surface area contributed by atoms with Crippen LogP contribution in [0.4, 0.5) is 5.69 Å². The van der Waals surface area contributed by atoms with Gasteiger partial charge in [-0.1, -0.05) is 76.1 Å². The van der Waals surface area contributed by atoms with Crippen molar-refractivity contribution in [1.29, 1.82) is 0 Å². The highest BCUT2D eigenvalue weighted by molar-refractivity contribution is 5.65. The number of nitrogens with zero attached hydrogens (tertiary/aromatic N) is 3. The minimum absolute atomic E-state index is 0.230. The molecule has 1 aliphatic rings. The lowest BCUT2D eigenvalue weighted by Gasteiger charge is -2.43. The number of benzene rings is 1. The highest BCUT2D eigenvalue weighted by Crippen LogP contribution is 2.33. The molecule has 33 heavy (non-hydrogen) atoms. The van der Waals surface area contributed by atoms with E-state index >= 15 is 0 Å². The fraction of sp³-hybridized carbons (Fsp3) is 0.400. The van der Waals surface area contributed by atoms with Crippen molar-refractivity contribution in [2.45, 2.75) is 53.5 Å². The van der Waals surface area contributed by atoms with E-state index in [1.165, 1.54) is 11.3 Å². The molecule has 0 spiro atoms. The first kappa shape index (κ1) is 26.5.